The first-order valence-electron chi connectivity index (χ1n) is 12.3. The van der Waals surface area contributed by atoms with Gasteiger partial charge in [0.05, 0.1) is 60.1 Å². The van der Waals surface area contributed by atoms with Crippen LogP contribution in [-0.2, 0) is 18.9 Å². The highest BCUT2D eigenvalue weighted by Gasteiger charge is 2.18. The minimum atomic E-state index is -0.586. The van der Waals surface area contributed by atoms with Crippen molar-refractivity contribution >= 4 is 23.9 Å². The first kappa shape index (κ1) is 28.0. The maximum atomic E-state index is 12.5. The Labute approximate surface area is 220 Å². The fourth-order valence-corrected chi connectivity index (χ4v) is 3.64. The average Bonchev–Trinajstić information content (AvgIpc) is 2.93. The molecule has 0 saturated carbocycles. The highest BCUT2D eigenvalue weighted by molar-refractivity contribution is 5.98. The number of benzene rings is 2. The van der Waals surface area contributed by atoms with E-state index < -0.39 is 23.9 Å². The number of carbonyl (C=O) groups excluding carboxylic acids is 4. The number of esters is 4. The number of nitrogens with zero attached hydrogens (tertiary/aromatic N) is 1. The maximum absolute atomic E-state index is 12.5. The van der Waals surface area contributed by atoms with Crippen LogP contribution in [0.15, 0.2) is 54.6 Å². The topological polar surface area (TPSA) is 118 Å². The van der Waals surface area contributed by atoms with E-state index in [1.165, 1.54) is 12.1 Å². The molecule has 38 heavy (non-hydrogen) atoms. The van der Waals surface area contributed by atoms with E-state index in [1.54, 1.807) is 70.2 Å². The first-order valence-corrected chi connectivity index (χ1v) is 12.3. The number of ether oxygens (including phenoxy) is 4. The molecule has 0 spiro atoms. The summed E-state index contributed by atoms with van der Waals surface area (Å²) in [6.07, 6.45) is 0. The molecule has 0 radical (unpaired) electrons. The zero-order chi connectivity index (χ0) is 27.7. The molecule has 0 fully saturated rings. The van der Waals surface area contributed by atoms with Gasteiger partial charge in [0.15, 0.2) is 0 Å². The van der Waals surface area contributed by atoms with Gasteiger partial charge in [-0.15, -0.1) is 0 Å². The fourth-order valence-electron chi connectivity index (χ4n) is 3.64. The molecule has 1 heterocycles. The van der Waals surface area contributed by atoms with Crippen molar-refractivity contribution in [1.29, 1.82) is 0 Å². The van der Waals surface area contributed by atoms with Gasteiger partial charge < -0.3 is 18.9 Å². The average molecular weight is 520 g/mol. The van der Waals surface area contributed by atoms with Gasteiger partial charge in [-0.25, -0.2) is 24.2 Å². The molecule has 1 aromatic heterocycles. The number of hydrogen-bond donors (Lipinski definition) is 0. The molecule has 0 aliphatic carbocycles. The van der Waals surface area contributed by atoms with Crippen LogP contribution in [0.3, 0.4) is 0 Å². The van der Waals surface area contributed by atoms with E-state index in [0.29, 0.717) is 22.5 Å². The van der Waals surface area contributed by atoms with Crippen LogP contribution < -0.4 is 0 Å². The zero-order valence-corrected chi connectivity index (χ0v) is 21.7. The number of rotatable bonds is 10. The molecule has 3 rings (SSSR count). The van der Waals surface area contributed by atoms with Crippen molar-refractivity contribution in [3.05, 3.63) is 76.9 Å². The number of carbonyl (C=O) groups is 4. The van der Waals surface area contributed by atoms with Crippen LogP contribution in [-0.4, -0.2) is 55.3 Å². The second kappa shape index (κ2) is 13.1. The quantitative estimate of drug-likeness (QED) is 0.265. The minimum Gasteiger partial charge on any atom is -0.462 e. The van der Waals surface area contributed by atoms with E-state index in [4.69, 9.17) is 23.9 Å². The van der Waals surface area contributed by atoms with Crippen LogP contribution in [0.2, 0.25) is 0 Å². The highest BCUT2D eigenvalue weighted by atomic mass is 16.5. The van der Waals surface area contributed by atoms with Crippen LogP contribution in [0.5, 0.6) is 0 Å². The summed E-state index contributed by atoms with van der Waals surface area (Å²) in [5.74, 6) is -2.34. The van der Waals surface area contributed by atoms with Crippen molar-refractivity contribution in [3.8, 4) is 22.5 Å². The third kappa shape index (κ3) is 6.82. The van der Waals surface area contributed by atoms with Gasteiger partial charge in [0.1, 0.15) is 0 Å². The van der Waals surface area contributed by atoms with E-state index in [-0.39, 0.29) is 48.7 Å². The highest BCUT2D eigenvalue weighted by Crippen LogP contribution is 2.27. The van der Waals surface area contributed by atoms with Gasteiger partial charge in [-0.3, -0.25) is 0 Å². The second-order valence-corrected chi connectivity index (χ2v) is 7.89. The van der Waals surface area contributed by atoms with Gasteiger partial charge in [0.25, 0.3) is 0 Å². The molecule has 0 N–H and O–H groups in total. The molecule has 2 aromatic carbocycles. The van der Waals surface area contributed by atoms with Gasteiger partial charge >= 0.3 is 23.9 Å². The zero-order valence-electron chi connectivity index (χ0n) is 21.7. The lowest BCUT2D eigenvalue weighted by Gasteiger charge is -2.12. The van der Waals surface area contributed by atoms with E-state index in [2.05, 4.69) is 0 Å². The molecule has 0 bridgehead atoms. The van der Waals surface area contributed by atoms with E-state index in [9.17, 15) is 19.2 Å². The lowest BCUT2D eigenvalue weighted by Crippen LogP contribution is -2.10. The standard InChI is InChI=1S/C29H29NO8/c1-5-35-26(31)20-12-18(13-21(16-20)27(32)36-6-2)24-10-9-11-25(30-24)19-14-22(28(33)37-7-3)17-23(15-19)29(34)38-8-4/h9-17H,5-8H2,1-4H3. The monoisotopic (exact) mass is 519 g/mol. The Morgan fingerprint density at radius 3 is 1.08 bits per heavy atom. The molecule has 3 aromatic rings. The minimum absolute atomic E-state index is 0.172. The molecule has 198 valence electrons. The van der Waals surface area contributed by atoms with Gasteiger partial charge in [-0.1, -0.05) is 6.07 Å². The van der Waals surface area contributed by atoms with Crippen molar-refractivity contribution in [2.45, 2.75) is 27.7 Å². The van der Waals surface area contributed by atoms with Crippen LogP contribution in [0.25, 0.3) is 22.5 Å². The molecule has 0 unspecified atom stereocenters. The summed E-state index contributed by atoms with van der Waals surface area (Å²) >= 11 is 0. The SMILES string of the molecule is CCOC(=O)c1cc(C(=O)OCC)cc(-c2cccc(-c3cc(C(=O)OCC)cc(C(=O)OCC)c3)n2)c1. The van der Waals surface area contributed by atoms with Crippen molar-refractivity contribution in [1.82, 2.24) is 4.98 Å². The van der Waals surface area contributed by atoms with Crippen molar-refractivity contribution in [2.24, 2.45) is 0 Å². The predicted octanol–water partition coefficient (Wildman–Crippen LogP) is 5.12. The summed E-state index contributed by atoms with van der Waals surface area (Å²) in [6.45, 7) is 7.44. The normalized spacial score (nSPS) is 10.4. The van der Waals surface area contributed by atoms with Crippen LogP contribution in [0.1, 0.15) is 69.1 Å². The predicted molar refractivity (Wildman–Crippen MR) is 139 cm³/mol. The Morgan fingerprint density at radius 2 is 0.816 bits per heavy atom. The molecule has 0 aliphatic rings. The molecule has 9 nitrogen and oxygen atoms in total. The number of aromatic nitrogens is 1. The molecule has 0 aliphatic heterocycles. The van der Waals surface area contributed by atoms with Crippen molar-refractivity contribution in [2.75, 3.05) is 26.4 Å². The molecule has 9 heteroatoms. The van der Waals surface area contributed by atoms with Gasteiger partial charge in [-0.05, 0) is 76.2 Å². The molecule has 0 atom stereocenters. The Bertz CT molecular complexity index is 1180. The smallest absolute Gasteiger partial charge is 0.338 e. The Balaban J connectivity index is 2.13. The van der Waals surface area contributed by atoms with E-state index >= 15 is 0 Å². The van der Waals surface area contributed by atoms with Gasteiger partial charge in [-0.2, -0.15) is 0 Å². The lowest BCUT2D eigenvalue weighted by atomic mass is 10.0. The second-order valence-electron chi connectivity index (χ2n) is 7.89. The van der Waals surface area contributed by atoms with Crippen LogP contribution in [0.4, 0.5) is 0 Å². The summed E-state index contributed by atoms with van der Waals surface area (Å²) in [6, 6.07) is 14.3. The Kier molecular flexibility index (Phi) is 9.70. The van der Waals surface area contributed by atoms with E-state index in [0.717, 1.165) is 0 Å². The van der Waals surface area contributed by atoms with Crippen molar-refractivity contribution in [3.63, 3.8) is 0 Å². The molecular formula is C29H29NO8. The fraction of sp³-hybridized carbons (Fsp3) is 0.276. The van der Waals surface area contributed by atoms with E-state index in [1.807, 2.05) is 0 Å². The summed E-state index contributed by atoms with van der Waals surface area (Å²) in [5.41, 5.74) is 2.54. The number of pyridine rings is 1. The Hall–Kier alpha value is -4.53. The molecular weight excluding hydrogens is 490 g/mol. The molecule has 0 saturated heterocycles. The molecule has 0 amide bonds. The summed E-state index contributed by atoms with van der Waals surface area (Å²) in [5, 5.41) is 0. The van der Waals surface area contributed by atoms with Crippen LogP contribution in [0, 0.1) is 0 Å². The summed E-state index contributed by atoms with van der Waals surface area (Å²) in [7, 11) is 0. The largest absolute Gasteiger partial charge is 0.462 e. The van der Waals surface area contributed by atoms with Gasteiger partial charge in [0, 0.05) is 11.1 Å². The first-order chi connectivity index (χ1) is 18.3. The number of hydrogen-bond acceptors (Lipinski definition) is 9. The summed E-state index contributed by atoms with van der Waals surface area (Å²) in [4.78, 5) is 54.6. The summed E-state index contributed by atoms with van der Waals surface area (Å²) < 4.78 is 20.5. The van der Waals surface area contributed by atoms with Gasteiger partial charge in [0.2, 0.25) is 0 Å². The van der Waals surface area contributed by atoms with Crippen molar-refractivity contribution < 1.29 is 38.1 Å². The third-order valence-electron chi connectivity index (χ3n) is 5.25. The maximum Gasteiger partial charge on any atom is 0.338 e. The van der Waals surface area contributed by atoms with Crippen LogP contribution >= 0.6 is 0 Å². The lowest BCUT2D eigenvalue weighted by molar-refractivity contribution is 0.0506. The Morgan fingerprint density at radius 1 is 0.526 bits per heavy atom. The third-order valence-corrected chi connectivity index (χ3v) is 5.25.